The Labute approximate surface area is 79.8 Å². The summed E-state index contributed by atoms with van der Waals surface area (Å²) in [6.45, 7) is 3.62. The van der Waals surface area contributed by atoms with Crippen molar-refractivity contribution in [1.29, 1.82) is 0 Å². The molecule has 1 aliphatic heterocycles. The van der Waals surface area contributed by atoms with Crippen LogP contribution in [0.2, 0.25) is 0 Å². The number of piperidine rings is 1. The normalized spacial score (nSPS) is 28.7. The summed E-state index contributed by atoms with van der Waals surface area (Å²) < 4.78 is 23.7. The second kappa shape index (κ2) is 2.95. The third-order valence-corrected chi connectivity index (χ3v) is 6.44. The summed E-state index contributed by atoms with van der Waals surface area (Å²) >= 11 is 0. The van der Waals surface area contributed by atoms with E-state index < -0.39 is 14.6 Å². The molecule has 1 saturated heterocycles. The van der Waals surface area contributed by atoms with Gasteiger partial charge in [0.25, 0.3) is 0 Å². The molecule has 0 atom stereocenters. The van der Waals surface area contributed by atoms with Gasteiger partial charge >= 0.3 is 0 Å². The standard InChI is InChI=1S/C9H17NO2S/c1-9(4-6-10-7-5-9)13(11,12)8-2-3-8/h8,10H,2-7H2,1H3. The number of rotatable bonds is 2. The molecule has 0 amide bonds. The largest absolute Gasteiger partial charge is 0.317 e. The van der Waals surface area contributed by atoms with E-state index in [-0.39, 0.29) is 5.25 Å². The predicted octanol–water partition coefficient (Wildman–Crippen LogP) is 0.706. The molecule has 1 heterocycles. The number of sulfone groups is 1. The molecule has 0 unspecified atom stereocenters. The Morgan fingerprint density at radius 2 is 1.77 bits per heavy atom. The van der Waals surface area contributed by atoms with E-state index in [0.29, 0.717) is 0 Å². The molecule has 76 valence electrons. The zero-order valence-corrected chi connectivity index (χ0v) is 8.86. The van der Waals surface area contributed by atoms with E-state index in [2.05, 4.69) is 5.32 Å². The van der Waals surface area contributed by atoms with Gasteiger partial charge in [0.1, 0.15) is 0 Å². The van der Waals surface area contributed by atoms with Crippen LogP contribution in [-0.4, -0.2) is 31.5 Å². The van der Waals surface area contributed by atoms with Gasteiger partial charge in [-0.05, 0) is 45.7 Å². The SMILES string of the molecule is CC1(S(=O)(=O)C2CC2)CCNCC1. The number of hydrogen-bond donors (Lipinski definition) is 1. The Hall–Kier alpha value is -0.0900. The maximum absolute atomic E-state index is 12.0. The summed E-state index contributed by atoms with van der Waals surface area (Å²) in [4.78, 5) is 0. The van der Waals surface area contributed by atoms with Crippen molar-refractivity contribution >= 4 is 9.84 Å². The van der Waals surface area contributed by atoms with E-state index >= 15 is 0 Å². The van der Waals surface area contributed by atoms with Crippen molar-refractivity contribution in [3.8, 4) is 0 Å². The quantitative estimate of drug-likeness (QED) is 0.719. The van der Waals surface area contributed by atoms with Gasteiger partial charge in [-0.3, -0.25) is 0 Å². The van der Waals surface area contributed by atoms with E-state index in [1.54, 1.807) is 0 Å². The molecule has 2 rings (SSSR count). The van der Waals surface area contributed by atoms with Crippen LogP contribution >= 0.6 is 0 Å². The van der Waals surface area contributed by atoms with Crippen molar-refractivity contribution in [3.63, 3.8) is 0 Å². The number of nitrogens with one attached hydrogen (secondary N) is 1. The Kier molecular flexibility index (Phi) is 2.15. The first-order valence-electron chi connectivity index (χ1n) is 5.00. The van der Waals surface area contributed by atoms with Crippen molar-refractivity contribution in [2.24, 2.45) is 0 Å². The van der Waals surface area contributed by atoms with Gasteiger partial charge in [0.2, 0.25) is 0 Å². The molecule has 1 N–H and O–H groups in total. The Balaban J connectivity index is 2.20. The van der Waals surface area contributed by atoms with Crippen molar-refractivity contribution < 1.29 is 8.42 Å². The lowest BCUT2D eigenvalue weighted by Gasteiger charge is -2.33. The zero-order valence-electron chi connectivity index (χ0n) is 8.04. The van der Waals surface area contributed by atoms with Gasteiger partial charge in [-0.25, -0.2) is 8.42 Å². The summed E-state index contributed by atoms with van der Waals surface area (Å²) in [5.74, 6) is 0. The lowest BCUT2D eigenvalue weighted by Crippen LogP contribution is -2.46. The summed E-state index contributed by atoms with van der Waals surface area (Å²) in [5, 5.41) is 3.20. The van der Waals surface area contributed by atoms with Crippen molar-refractivity contribution in [2.45, 2.75) is 42.6 Å². The van der Waals surface area contributed by atoms with Gasteiger partial charge in [-0.2, -0.15) is 0 Å². The summed E-state index contributed by atoms with van der Waals surface area (Å²) in [5.41, 5.74) is 0. The zero-order chi connectivity index (χ0) is 9.53. The smallest absolute Gasteiger partial charge is 0.158 e. The average Bonchev–Trinajstić information content (AvgIpc) is 2.87. The van der Waals surface area contributed by atoms with Crippen LogP contribution in [-0.2, 0) is 9.84 Å². The minimum absolute atomic E-state index is 0.00407. The molecule has 13 heavy (non-hydrogen) atoms. The summed E-state index contributed by atoms with van der Waals surface area (Å²) in [6, 6.07) is 0. The average molecular weight is 203 g/mol. The minimum Gasteiger partial charge on any atom is -0.317 e. The van der Waals surface area contributed by atoms with E-state index in [1.165, 1.54) is 0 Å². The molecule has 0 spiro atoms. The third-order valence-electron chi connectivity index (χ3n) is 3.31. The van der Waals surface area contributed by atoms with E-state index in [0.717, 1.165) is 38.8 Å². The second-order valence-electron chi connectivity index (χ2n) is 4.44. The van der Waals surface area contributed by atoms with E-state index in [1.807, 2.05) is 6.92 Å². The van der Waals surface area contributed by atoms with E-state index in [4.69, 9.17) is 0 Å². The second-order valence-corrected chi connectivity index (χ2v) is 7.19. The van der Waals surface area contributed by atoms with Crippen molar-refractivity contribution in [1.82, 2.24) is 5.32 Å². The molecule has 0 aromatic carbocycles. The predicted molar refractivity (Wildman–Crippen MR) is 52.5 cm³/mol. The van der Waals surface area contributed by atoms with Crippen molar-refractivity contribution in [3.05, 3.63) is 0 Å². The summed E-state index contributed by atoms with van der Waals surface area (Å²) in [6.07, 6.45) is 3.36. The molecule has 0 radical (unpaired) electrons. The van der Waals surface area contributed by atoms with Crippen molar-refractivity contribution in [2.75, 3.05) is 13.1 Å². The maximum Gasteiger partial charge on any atom is 0.158 e. The Morgan fingerprint density at radius 1 is 1.23 bits per heavy atom. The van der Waals surface area contributed by atoms with Crippen LogP contribution < -0.4 is 5.32 Å². The highest BCUT2D eigenvalue weighted by atomic mass is 32.2. The van der Waals surface area contributed by atoms with Gasteiger partial charge in [0.15, 0.2) is 9.84 Å². The number of hydrogen-bond acceptors (Lipinski definition) is 3. The molecule has 4 heteroatoms. The third kappa shape index (κ3) is 1.50. The fourth-order valence-corrected chi connectivity index (χ4v) is 4.36. The van der Waals surface area contributed by atoms with Gasteiger partial charge in [0, 0.05) is 0 Å². The topological polar surface area (TPSA) is 46.2 Å². The maximum atomic E-state index is 12.0. The van der Waals surface area contributed by atoms with Crippen LogP contribution in [0.4, 0.5) is 0 Å². The Morgan fingerprint density at radius 3 is 2.23 bits per heavy atom. The van der Waals surface area contributed by atoms with Gasteiger partial charge in [0.05, 0.1) is 10.00 Å². The first-order valence-corrected chi connectivity index (χ1v) is 6.55. The van der Waals surface area contributed by atoms with Gasteiger partial charge < -0.3 is 5.32 Å². The molecule has 0 aromatic rings. The van der Waals surface area contributed by atoms with Crippen LogP contribution in [0.15, 0.2) is 0 Å². The summed E-state index contributed by atoms with van der Waals surface area (Å²) in [7, 11) is -2.83. The van der Waals surface area contributed by atoms with Crippen LogP contribution in [0.1, 0.15) is 32.6 Å². The van der Waals surface area contributed by atoms with Crippen LogP contribution in [0.3, 0.4) is 0 Å². The fraction of sp³-hybridized carbons (Fsp3) is 1.00. The molecular formula is C9H17NO2S. The lowest BCUT2D eigenvalue weighted by atomic mass is 10.00. The molecular weight excluding hydrogens is 186 g/mol. The highest BCUT2D eigenvalue weighted by Crippen LogP contribution is 2.39. The molecule has 2 aliphatic rings. The molecule has 3 nitrogen and oxygen atoms in total. The molecule has 1 saturated carbocycles. The first-order chi connectivity index (χ1) is 6.06. The molecule has 2 fully saturated rings. The highest BCUT2D eigenvalue weighted by Gasteiger charge is 2.48. The van der Waals surface area contributed by atoms with Crippen LogP contribution in [0.5, 0.6) is 0 Å². The van der Waals surface area contributed by atoms with Gasteiger partial charge in [-0.15, -0.1) is 0 Å². The van der Waals surface area contributed by atoms with Gasteiger partial charge in [-0.1, -0.05) is 0 Å². The molecule has 0 aromatic heterocycles. The molecule has 1 aliphatic carbocycles. The highest BCUT2D eigenvalue weighted by molar-refractivity contribution is 7.93. The fourth-order valence-electron chi connectivity index (χ4n) is 2.02. The van der Waals surface area contributed by atoms with E-state index in [9.17, 15) is 8.42 Å². The Bertz CT molecular complexity index is 287. The lowest BCUT2D eigenvalue weighted by molar-refractivity contribution is 0.408. The van der Waals surface area contributed by atoms with Crippen LogP contribution in [0, 0.1) is 0 Å². The monoisotopic (exact) mass is 203 g/mol. The molecule has 0 bridgehead atoms. The minimum atomic E-state index is -2.83. The van der Waals surface area contributed by atoms with Crippen LogP contribution in [0.25, 0.3) is 0 Å². The first kappa shape index (κ1) is 9.46.